The van der Waals surface area contributed by atoms with Crippen LogP contribution < -0.4 is 10.1 Å². The van der Waals surface area contributed by atoms with E-state index < -0.39 is 6.36 Å². The fourth-order valence-corrected chi connectivity index (χ4v) is 2.98. The van der Waals surface area contributed by atoms with E-state index in [0.717, 1.165) is 21.1 Å². The van der Waals surface area contributed by atoms with Crippen molar-refractivity contribution in [2.45, 2.75) is 26.3 Å². The lowest BCUT2D eigenvalue weighted by Crippen LogP contribution is -2.18. The van der Waals surface area contributed by atoms with Gasteiger partial charge in [-0.1, -0.05) is 12.1 Å². The monoisotopic (exact) mass is 316 g/mol. The van der Waals surface area contributed by atoms with E-state index in [-0.39, 0.29) is 11.8 Å². The van der Waals surface area contributed by atoms with Crippen molar-refractivity contribution in [3.05, 3.63) is 45.4 Å². The average molecular weight is 316 g/mol. The molecule has 0 bridgehead atoms. The standard InChI is InChI=1S/C14H15F3N2OS/c1-8-9(2)21-13(19-8)12(18-3)10-4-6-11(7-5-10)20-14(15,16)17/h4-7,12,18H,1-3H3. The molecular formula is C14H15F3N2OS. The number of benzene rings is 1. The van der Waals surface area contributed by atoms with Gasteiger partial charge in [0.1, 0.15) is 10.8 Å². The molecule has 1 atom stereocenters. The molecule has 1 N–H and O–H groups in total. The first-order chi connectivity index (χ1) is 9.80. The van der Waals surface area contributed by atoms with Gasteiger partial charge in [-0.25, -0.2) is 4.98 Å². The Morgan fingerprint density at radius 2 is 1.81 bits per heavy atom. The molecule has 0 radical (unpaired) electrons. The zero-order valence-corrected chi connectivity index (χ0v) is 12.6. The Kier molecular flexibility index (Phi) is 4.53. The Bertz CT molecular complexity index is 588. The molecule has 0 fully saturated rings. The zero-order valence-electron chi connectivity index (χ0n) is 11.8. The number of aryl methyl sites for hydroxylation is 2. The molecule has 0 aliphatic rings. The van der Waals surface area contributed by atoms with Crippen molar-refractivity contribution in [3.8, 4) is 5.75 Å². The minimum Gasteiger partial charge on any atom is -0.406 e. The summed E-state index contributed by atoms with van der Waals surface area (Å²) in [7, 11) is 1.79. The largest absolute Gasteiger partial charge is 0.573 e. The summed E-state index contributed by atoms with van der Waals surface area (Å²) in [6.45, 7) is 3.92. The molecule has 2 rings (SSSR count). The fourth-order valence-electron chi connectivity index (χ4n) is 1.92. The van der Waals surface area contributed by atoms with Gasteiger partial charge < -0.3 is 10.1 Å². The molecule has 0 aliphatic heterocycles. The van der Waals surface area contributed by atoms with E-state index in [2.05, 4.69) is 15.0 Å². The number of thiazole rings is 1. The summed E-state index contributed by atoms with van der Waals surface area (Å²) in [4.78, 5) is 5.61. The second-order valence-corrected chi connectivity index (χ2v) is 5.77. The SMILES string of the molecule is CNC(c1ccc(OC(F)(F)F)cc1)c1nc(C)c(C)s1. The van der Waals surface area contributed by atoms with Crippen molar-refractivity contribution in [3.63, 3.8) is 0 Å². The molecule has 7 heteroatoms. The maximum atomic E-state index is 12.1. The Morgan fingerprint density at radius 1 is 1.19 bits per heavy atom. The summed E-state index contributed by atoms with van der Waals surface area (Å²) in [5.74, 6) is -0.229. The van der Waals surface area contributed by atoms with E-state index in [1.165, 1.54) is 12.1 Å². The summed E-state index contributed by atoms with van der Waals surface area (Å²) < 4.78 is 40.3. The summed E-state index contributed by atoms with van der Waals surface area (Å²) >= 11 is 1.57. The van der Waals surface area contributed by atoms with Crippen LogP contribution in [0.2, 0.25) is 0 Å². The van der Waals surface area contributed by atoms with Gasteiger partial charge in [0.25, 0.3) is 0 Å². The number of aromatic nitrogens is 1. The molecule has 0 saturated heterocycles. The van der Waals surface area contributed by atoms with Crippen LogP contribution in [0.25, 0.3) is 0 Å². The highest BCUT2D eigenvalue weighted by molar-refractivity contribution is 7.11. The van der Waals surface area contributed by atoms with Crippen LogP contribution in [-0.2, 0) is 0 Å². The molecule has 1 heterocycles. The van der Waals surface area contributed by atoms with Crippen molar-refractivity contribution in [1.29, 1.82) is 0 Å². The van der Waals surface area contributed by atoms with Crippen molar-refractivity contribution in [2.24, 2.45) is 0 Å². The van der Waals surface area contributed by atoms with Gasteiger partial charge in [-0.15, -0.1) is 24.5 Å². The molecule has 114 valence electrons. The van der Waals surface area contributed by atoms with Crippen LogP contribution in [0.3, 0.4) is 0 Å². The molecular weight excluding hydrogens is 301 g/mol. The van der Waals surface area contributed by atoms with Gasteiger partial charge in [0.05, 0.1) is 11.7 Å². The first-order valence-electron chi connectivity index (χ1n) is 6.27. The van der Waals surface area contributed by atoms with E-state index in [0.29, 0.717) is 0 Å². The quantitative estimate of drug-likeness (QED) is 0.927. The summed E-state index contributed by atoms with van der Waals surface area (Å²) in [6, 6.07) is 5.67. The number of alkyl halides is 3. The fraction of sp³-hybridized carbons (Fsp3) is 0.357. The molecule has 0 amide bonds. The van der Waals surface area contributed by atoms with Gasteiger partial charge in [0, 0.05) is 4.88 Å². The van der Waals surface area contributed by atoms with Crippen molar-refractivity contribution >= 4 is 11.3 Å². The second-order valence-electron chi connectivity index (χ2n) is 4.53. The summed E-state index contributed by atoms with van der Waals surface area (Å²) in [5, 5.41) is 4.01. The number of hydrogen-bond donors (Lipinski definition) is 1. The first-order valence-corrected chi connectivity index (χ1v) is 7.08. The predicted octanol–water partition coefficient (Wildman–Crippen LogP) is 3.97. The third-order valence-electron chi connectivity index (χ3n) is 3.03. The molecule has 1 aromatic heterocycles. The van der Waals surface area contributed by atoms with Gasteiger partial charge in [-0.05, 0) is 38.6 Å². The first kappa shape index (κ1) is 15.8. The van der Waals surface area contributed by atoms with E-state index in [1.807, 2.05) is 13.8 Å². The van der Waals surface area contributed by atoms with Gasteiger partial charge in [-0.3, -0.25) is 0 Å². The second kappa shape index (κ2) is 6.03. The van der Waals surface area contributed by atoms with E-state index in [4.69, 9.17) is 0 Å². The number of rotatable bonds is 4. The Hall–Kier alpha value is -1.60. The zero-order chi connectivity index (χ0) is 15.6. The number of hydrogen-bond acceptors (Lipinski definition) is 4. The van der Waals surface area contributed by atoms with Crippen LogP contribution in [0.4, 0.5) is 13.2 Å². The predicted molar refractivity (Wildman–Crippen MR) is 75.6 cm³/mol. The molecule has 2 aromatic rings. The molecule has 0 aliphatic carbocycles. The Balaban J connectivity index is 2.23. The average Bonchev–Trinajstić information content (AvgIpc) is 2.70. The van der Waals surface area contributed by atoms with E-state index in [9.17, 15) is 13.2 Å². The molecule has 3 nitrogen and oxygen atoms in total. The number of nitrogens with one attached hydrogen (secondary N) is 1. The van der Waals surface area contributed by atoms with Gasteiger partial charge in [0.15, 0.2) is 0 Å². The lowest BCUT2D eigenvalue weighted by molar-refractivity contribution is -0.274. The summed E-state index contributed by atoms with van der Waals surface area (Å²) in [5.41, 5.74) is 1.80. The highest BCUT2D eigenvalue weighted by atomic mass is 32.1. The maximum absolute atomic E-state index is 12.1. The lowest BCUT2D eigenvalue weighted by Gasteiger charge is -2.15. The smallest absolute Gasteiger partial charge is 0.406 e. The topological polar surface area (TPSA) is 34.1 Å². The third-order valence-corrected chi connectivity index (χ3v) is 4.17. The number of ether oxygens (including phenoxy) is 1. The number of nitrogens with zero attached hydrogens (tertiary/aromatic N) is 1. The van der Waals surface area contributed by atoms with Crippen LogP contribution in [0, 0.1) is 13.8 Å². The minimum atomic E-state index is -4.67. The third kappa shape index (κ3) is 3.95. The number of halogens is 3. The van der Waals surface area contributed by atoms with Gasteiger partial charge >= 0.3 is 6.36 Å². The van der Waals surface area contributed by atoms with Gasteiger partial charge in [-0.2, -0.15) is 0 Å². The highest BCUT2D eigenvalue weighted by Gasteiger charge is 2.31. The van der Waals surface area contributed by atoms with E-state index >= 15 is 0 Å². The van der Waals surface area contributed by atoms with Crippen LogP contribution >= 0.6 is 11.3 Å². The molecule has 1 unspecified atom stereocenters. The van der Waals surface area contributed by atoms with Crippen LogP contribution in [0.5, 0.6) is 5.75 Å². The Morgan fingerprint density at radius 3 is 2.24 bits per heavy atom. The molecule has 1 aromatic carbocycles. The normalized spacial score (nSPS) is 13.2. The van der Waals surface area contributed by atoms with E-state index in [1.54, 1.807) is 30.5 Å². The Labute approximate surface area is 124 Å². The molecule has 0 saturated carbocycles. The van der Waals surface area contributed by atoms with Crippen LogP contribution in [0.1, 0.15) is 27.2 Å². The maximum Gasteiger partial charge on any atom is 0.573 e. The van der Waals surface area contributed by atoms with Crippen molar-refractivity contribution < 1.29 is 17.9 Å². The van der Waals surface area contributed by atoms with Crippen molar-refractivity contribution in [2.75, 3.05) is 7.05 Å². The minimum absolute atomic E-state index is 0.151. The molecule has 0 spiro atoms. The van der Waals surface area contributed by atoms with Crippen molar-refractivity contribution in [1.82, 2.24) is 10.3 Å². The lowest BCUT2D eigenvalue weighted by atomic mass is 10.1. The van der Waals surface area contributed by atoms with Crippen LogP contribution in [0.15, 0.2) is 24.3 Å². The van der Waals surface area contributed by atoms with Gasteiger partial charge in [0.2, 0.25) is 0 Å². The highest BCUT2D eigenvalue weighted by Crippen LogP contribution is 2.30. The van der Waals surface area contributed by atoms with Crippen LogP contribution in [-0.4, -0.2) is 18.4 Å². The molecule has 21 heavy (non-hydrogen) atoms. The summed E-state index contributed by atoms with van der Waals surface area (Å²) in [6.07, 6.45) is -4.67.